The Morgan fingerprint density at radius 3 is 2.23 bits per heavy atom. The van der Waals surface area contributed by atoms with E-state index in [4.69, 9.17) is 4.99 Å². The first-order valence-electron chi connectivity index (χ1n) is 14.2. The zero-order valence-electron chi connectivity index (χ0n) is 24.7. The van der Waals surface area contributed by atoms with Crippen LogP contribution in [0.25, 0.3) is 12.2 Å². The summed E-state index contributed by atoms with van der Waals surface area (Å²) in [4.78, 5) is 34.9. The van der Waals surface area contributed by atoms with E-state index in [0.29, 0.717) is 14.9 Å². The highest BCUT2D eigenvalue weighted by Crippen LogP contribution is 2.41. The van der Waals surface area contributed by atoms with Crippen LogP contribution in [-0.4, -0.2) is 37.7 Å². The van der Waals surface area contributed by atoms with E-state index in [-0.39, 0.29) is 17.3 Å². The molecule has 1 unspecified atom stereocenters. The first-order valence-corrected chi connectivity index (χ1v) is 15.1. The summed E-state index contributed by atoms with van der Waals surface area (Å²) in [6, 6.07) is 22.9. The predicted molar refractivity (Wildman–Crippen MR) is 175 cm³/mol. The van der Waals surface area contributed by atoms with Crippen molar-refractivity contribution in [1.82, 2.24) is 4.57 Å². The van der Waals surface area contributed by atoms with Crippen molar-refractivity contribution in [2.24, 2.45) is 4.99 Å². The lowest BCUT2D eigenvalue weighted by atomic mass is 9.83. The molecule has 8 nitrogen and oxygen atoms in total. The molecule has 0 saturated carbocycles. The van der Waals surface area contributed by atoms with Crippen LogP contribution in [0.5, 0.6) is 0 Å². The molecular weight excluding hydrogens is 558 g/mol. The van der Waals surface area contributed by atoms with Gasteiger partial charge in [0.05, 0.1) is 21.2 Å². The average Bonchev–Trinajstić information content (AvgIpc) is 3.30. The largest absolute Gasteiger partial charge is 0.378 e. The lowest BCUT2D eigenvalue weighted by Crippen LogP contribution is -2.39. The van der Waals surface area contributed by atoms with Crippen molar-refractivity contribution >= 4 is 40.6 Å². The van der Waals surface area contributed by atoms with Gasteiger partial charge >= 0.3 is 0 Å². The zero-order chi connectivity index (χ0) is 30.2. The number of rotatable bonds is 6. The van der Waals surface area contributed by atoms with E-state index >= 15 is 0 Å². The standard InChI is InChI=1S/C34H33N5O3S/c1-36(2)26-15-11-22(12-16-26)19-25-8-6-10-29-31(25)35-34-38(32(29)24-13-17-27(18-14-24)37(3)4)33(40)30(43-34)21-23-7-5-9-28(20-23)39(41)42/h5,7,9,11-21,32H,6,8,10H2,1-4H3/b25-19+,30-21-. The number of aromatic nitrogens is 1. The fourth-order valence-electron chi connectivity index (χ4n) is 5.76. The topological polar surface area (TPSA) is 84.0 Å². The molecule has 0 saturated heterocycles. The van der Waals surface area contributed by atoms with Crippen molar-refractivity contribution < 1.29 is 4.92 Å². The second-order valence-electron chi connectivity index (χ2n) is 11.3. The normalized spacial score (nSPS) is 17.3. The number of benzene rings is 3. The van der Waals surface area contributed by atoms with Crippen LogP contribution in [0.15, 0.2) is 99.4 Å². The van der Waals surface area contributed by atoms with E-state index in [1.165, 1.54) is 29.0 Å². The highest BCUT2D eigenvalue weighted by molar-refractivity contribution is 7.07. The summed E-state index contributed by atoms with van der Waals surface area (Å²) in [5, 5.41) is 11.3. The Morgan fingerprint density at radius 2 is 1.58 bits per heavy atom. The van der Waals surface area contributed by atoms with Gasteiger partial charge in [0, 0.05) is 51.7 Å². The molecular formula is C34H33N5O3S. The van der Waals surface area contributed by atoms with Gasteiger partial charge in [-0.1, -0.05) is 47.7 Å². The smallest absolute Gasteiger partial charge is 0.271 e. The van der Waals surface area contributed by atoms with Crippen molar-refractivity contribution in [2.45, 2.75) is 25.3 Å². The van der Waals surface area contributed by atoms with E-state index in [2.05, 4.69) is 64.4 Å². The summed E-state index contributed by atoms with van der Waals surface area (Å²) in [6.07, 6.45) is 6.69. The van der Waals surface area contributed by atoms with Gasteiger partial charge in [0.1, 0.15) is 0 Å². The van der Waals surface area contributed by atoms with Crippen LogP contribution in [0.4, 0.5) is 17.1 Å². The minimum Gasteiger partial charge on any atom is -0.378 e. The van der Waals surface area contributed by atoms with Crippen LogP contribution < -0.4 is 24.7 Å². The number of allylic oxidation sites excluding steroid dienone is 2. The van der Waals surface area contributed by atoms with Gasteiger partial charge in [-0.05, 0) is 83.5 Å². The predicted octanol–water partition coefficient (Wildman–Crippen LogP) is 5.52. The Labute approximate surface area is 254 Å². The summed E-state index contributed by atoms with van der Waals surface area (Å²) < 4.78 is 2.31. The molecule has 2 aliphatic rings. The number of anilines is 2. The highest BCUT2D eigenvalue weighted by Gasteiger charge is 2.32. The van der Waals surface area contributed by atoms with Crippen LogP contribution in [0.3, 0.4) is 0 Å². The second kappa shape index (κ2) is 11.5. The number of nitro groups is 1. The maximum absolute atomic E-state index is 14.0. The van der Waals surface area contributed by atoms with Crippen molar-refractivity contribution in [3.8, 4) is 0 Å². The van der Waals surface area contributed by atoms with E-state index in [1.807, 2.05) is 32.8 Å². The Hall–Kier alpha value is -4.76. The number of hydrogen-bond acceptors (Lipinski definition) is 7. The molecule has 0 amide bonds. The Balaban J connectivity index is 1.53. The van der Waals surface area contributed by atoms with E-state index in [9.17, 15) is 14.9 Å². The zero-order valence-corrected chi connectivity index (χ0v) is 25.5. The van der Waals surface area contributed by atoms with E-state index in [1.54, 1.807) is 18.2 Å². The van der Waals surface area contributed by atoms with Crippen LogP contribution in [0.2, 0.25) is 0 Å². The van der Waals surface area contributed by atoms with Gasteiger partial charge in [-0.3, -0.25) is 19.5 Å². The van der Waals surface area contributed by atoms with Gasteiger partial charge in [-0.25, -0.2) is 4.99 Å². The monoisotopic (exact) mass is 591 g/mol. The molecule has 2 heterocycles. The lowest BCUT2D eigenvalue weighted by Gasteiger charge is -2.31. The third-order valence-corrected chi connectivity index (χ3v) is 8.97. The number of thiazole rings is 1. The molecule has 0 radical (unpaired) electrons. The summed E-state index contributed by atoms with van der Waals surface area (Å²) in [7, 11) is 8.08. The minimum absolute atomic E-state index is 0.00996. The lowest BCUT2D eigenvalue weighted by molar-refractivity contribution is -0.384. The van der Waals surface area contributed by atoms with Crippen LogP contribution >= 0.6 is 11.3 Å². The maximum atomic E-state index is 14.0. The number of non-ortho nitro benzene ring substituents is 1. The molecule has 1 atom stereocenters. The van der Waals surface area contributed by atoms with Crippen LogP contribution in [0.1, 0.15) is 42.0 Å². The third kappa shape index (κ3) is 5.56. The number of nitro benzene ring substituents is 1. The Bertz CT molecular complexity index is 1950. The average molecular weight is 592 g/mol. The minimum atomic E-state index is -0.424. The van der Waals surface area contributed by atoms with Crippen molar-refractivity contribution in [1.29, 1.82) is 0 Å². The molecule has 0 bridgehead atoms. The molecule has 218 valence electrons. The Kier molecular flexibility index (Phi) is 7.58. The highest BCUT2D eigenvalue weighted by atomic mass is 32.1. The fraction of sp³-hybridized carbons (Fsp3) is 0.235. The molecule has 4 aromatic rings. The maximum Gasteiger partial charge on any atom is 0.271 e. The second-order valence-corrected chi connectivity index (χ2v) is 12.3. The molecule has 0 fully saturated rings. The van der Waals surface area contributed by atoms with Gasteiger partial charge in [-0.15, -0.1) is 0 Å². The first kappa shape index (κ1) is 28.4. The van der Waals surface area contributed by atoms with Gasteiger partial charge in [0.2, 0.25) is 0 Å². The Morgan fingerprint density at radius 1 is 0.907 bits per heavy atom. The van der Waals surface area contributed by atoms with Gasteiger partial charge in [-0.2, -0.15) is 0 Å². The SMILES string of the molecule is CN(C)c1ccc(/C=C2\CCCC3=C2N=c2s/c(=C\c4cccc([N+](=O)[O-])c4)c(=O)n2C3c2ccc(N(C)C)cc2)cc1. The van der Waals surface area contributed by atoms with Crippen LogP contribution in [-0.2, 0) is 0 Å². The molecule has 1 aliphatic heterocycles. The molecule has 43 heavy (non-hydrogen) atoms. The first-order chi connectivity index (χ1) is 20.7. The van der Waals surface area contributed by atoms with Crippen molar-refractivity contribution in [2.75, 3.05) is 38.0 Å². The summed E-state index contributed by atoms with van der Waals surface area (Å²) in [5.41, 5.74) is 8.12. The number of hydrogen-bond donors (Lipinski definition) is 0. The van der Waals surface area contributed by atoms with Crippen molar-refractivity contribution in [3.63, 3.8) is 0 Å². The van der Waals surface area contributed by atoms with Crippen LogP contribution in [0, 0.1) is 10.1 Å². The molecule has 1 aliphatic carbocycles. The van der Waals surface area contributed by atoms with Crippen molar-refractivity contribution in [3.05, 3.63) is 136 Å². The summed E-state index contributed by atoms with van der Waals surface area (Å²) in [5.74, 6) is 0. The van der Waals surface area contributed by atoms with Gasteiger partial charge in [0.15, 0.2) is 4.80 Å². The molecule has 0 N–H and O–H groups in total. The molecule has 6 rings (SSSR count). The quantitative estimate of drug-likeness (QED) is 0.218. The third-order valence-electron chi connectivity index (χ3n) is 7.99. The molecule has 3 aromatic carbocycles. The summed E-state index contributed by atoms with van der Waals surface area (Å²) in [6.45, 7) is 0. The summed E-state index contributed by atoms with van der Waals surface area (Å²) >= 11 is 1.33. The molecule has 9 heteroatoms. The fourth-order valence-corrected chi connectivity index (χ4v) is 6.76. The van der Waals surface area contributed by atoms with E-state index < -0.39 is 4.92 Å². The van der Waals surface area contributed by atoms with Gasteiger partial charge < -0.3 is 9.80 Å². The molecule has 1 aromatic heterocycles. The van der Waals surface area contributed by atoms with E-state index in [0.717, 1.165) is 53.0 Å². The molecule has 0 spiro atoms. The number of nitrogens with zero attached hydrogens (tertiary/aromatic N) is 5. The van der Waals surface area contributed by atoms with Gasteiger partial charge in [0.25, 0.3) is 11.2 Å². The number of fused-ring (bicyclic) bond motifs is 1.